The molecule has 1 aliphatic rings. The molecule has 1 unspecified atom stereocenters. The Kier molecular flexibility index (Phi) is 3.86. The van der Waals surface area contributed by atoms with Crippen molar-refractivity contribution in [3.63, 3.8) is 0 Å². The molecule has 0 saturated heterocycles. The molecule has 0 fully saturated rings. The topological polar surface area (TPSA) is 35.6 Å². The maximum atomic E-state index is 11.7. The fraction of sp³-hybridized carbons (Fsp3) is 0.438. The summed E-state index contributed by atoms with van der Waals surface area (Å²) in [5, 5.41) is 3.16. The van der Waals surface area contributed by atoms with E-state index in [1.165, 1.54) is 0 Å². The normalized spacial score (nSPS) is 20.7. The van der Waals surface area contributed by atoms with Crippen molar-refractivity contribution in [1.29, 1.82) is 0 Å². The second-order valence-corrected chi connectivity index (χ2v) is 5.68. The molecule has 2 rings (SSSR count). The van der Waals surface area contributed by atoms with Crippen LogP contribution in [0.3, 0.4) is 0 Å². The number of carbonyl (C=O) groups is 1. The van der Waals surface area contributed by atoms with Crippen molar-refractivity contribution in [3.05, 3.63) is 35.4 Å². The number of anilines is 1. The van der Waals surface area contributed by atoms with Gasteiger partial charge in [0.25, 0.3) is 0 Å². The van der Waals surface area contributed by atoms with Crippen molar-refractivity contribution < 1.29 is 4.79 Å². The van der Waals surface area contributed by atoms with E-state index in [4.69, 9.17) is 0 Å². The monoisotopic (exact) mass is 273 g/mol. The minimum atomic E-state index is -0.489. The van der Waals surface area contributed by atoms with Crippen molar-refractivity contribution in [2.45, 2.75) is 19.0 Å². The van der Waals surface area contributed by atoms with Crippen molar-refractivity contribution in [2.75, 3.05) is 33.1 Å². The van der Waals surface area contributed by atoms with Gasteiger partial charge in [-0.3, -0.25) is 9.69 Å². The molecule has 4 heteroatoms. The van der Waals surface area contributed by atoms with Crippen LogP contribution in [0.5, 0.6) is 0 Å². The molecule has 1 N–H and O–H groups in total. The Bertz CT molecular complexity index is 549. The lowest BCUT2D eigenvalue weighted by atomic mass is 9.84. The lowest BCUT2D eigenvalue weighted by Gasteiger charge is -2.44. The predicted octanol–water partition coefficient (Wildman–Crippen LogP) is 2.02. The standard InChI is InChI=1S/C16H23N3O/c1-12(20)17-16(19(4)5)11-7-9-13-8-6-10-14(15(13)16)18(2)3/h6-10H,11H2,1-5H3,(H,17,20). The summed E-state index contributed by atoms with van der Waals surface area (Å²) in [6.45, 7) is 1.57. The van der Waals surface area contributed by atoms with Crippen LogP contribution in [-0.4, -0.2) is 39.0 Å². The Balaban J connectivity index is 2.70. The van der Waals surface area contributed by atoms with Gasteiger partial charge in [-0.1, -0.05) is 24.3 Å². The van der Waals surface area contributed by atoms with Gasteiger partial charge >= 0.3 is 0 Å². The van der Waals surface area contributed by atoms with Crippen LogP contribution < -0.4 is 10.2 Å². The maximum absolute atomic E-state index is 11.7. The molecule has 0 saturated carbocycles. The molecule has 1 aliphatic carbocycles. The van der Waals surface area contributed by atoms with Crippen LogP contribution in [0, 0.1) is 0 Å². The first kappa shape index (κ1) is 14.6. The van der Waals surface area contributed by atoms with Crippen LogP contribution in [-0.2, 0) is 10.5 Å². The Morgan fingerprint density at radius 1 is 1.25 bits per heavy atom. The smallest absolute Gasteiger partial charge is 0.218 e. The van der Waals surface area contributed by atoms with Crippen LogP contribution in [0.25, 0.3) is 6.08 Å². The summed E-state index contributed by atoms with van der Waals surface area (Å²) >= 11 is 0. The average molecular weight is 273 g/mol. The molecule has 0 aliphatic heterocycles. The average Bonchev–Trinajstić information content (AvgIpc) is 2.37. The van der Waals surface area contributed by atoms with Gasteiger partial charge in [0.1, 0.15) is 5.66 Å². The van der Waals surface area contributed by atoms with Crippen LogP contribution in [0.15, 0.2) is 24.3 Å². The molecule has 1 aromatic rings. The van der Waals surface area contributed by atoms with Crippen LogP contribution in [0.1, 0.15) is 24.5 Å². The summed E-state index contributed by atoms with van der Waals surface area (Å²) < 4.78 is 0. The van der Waals surface area contributed by atoms with Gasteiger partial charge in [0.05, 0.1) is 0 Å². The van der Waals surface area contributed by atoms with E-state index in [1.807, 2.05) is 28.2 Å². The van der Waals surface area contributed by atoms with Gasteiger partial charge in [-0.25, -0.2) is 0 Å². The summed E-state index contributed by atoms with van der Waals surface area (Å²) in [7, 11) is 8.07. The number of hydrogen-bond donors (Lipinski definition) is 1. The van der Waals surface area contributed by atoms with Crippen molar-refractivity contribution >= 4 is 17.7 Å². The van der Waals surface area contributed by atoms with Crippen molar-refractivity contribution in [2.24, 2.45) is 0 Å². The van der Waals surface area contributed by atoms with E-state index >= 15 is 0 Å². The van der Waals surface area contributed by atoms with Gasteiger partial charge in [0.2, 0.25) is 5.91 Å². The van der Waals surface area contributed by atoms with E-state index in [2.05, 4.69) is 45.5 Å². The summed E-state index contributed by atoms with van der Waals surface area (Å²) in [5.74, 6) is -0.0199. The molecule has 1 amide bonds. The van der Waals surface area contributed by atoms with Gasteiger partial charge < -0.3 is 10.2 Å². The Labute approximate surface area is 121 Å². The molecule has 0 bridgehead atoms. The third-order valence-corrected chi connectivity index (χ3v) is 3.83. The van der Waals surface area contributed by atoms with Gasteiger partial charge in [-0.2, -0.15) is 0 Å². The zero-order valence-electron chi connectivity index (χ0n) is 12.9. The van der Waals surface area contributed by atoms with E-state index in [1.54, 1.807) is 6.92 Å². The fourth-order valence-corrected chi connectivity index (χ4v) is 2.90. The summed E-state index contributed by atoms with van der Waals surface area (Å²) in [4.78, 5) is 15.9. The Morgan fingerprint density at radius 3 is 2.50 bits per heavy atom. The zero-order chi connectivity index (χ0) is 14.9. The second-order valence-electron chi connectivity index (χ2n) is 5.68. The molecular formula is C16H23N3O. The first-order valence-electron chi connectivity index (χ1n) is 6.82. The number of benzene rings is 1. The molecule has 1 atom stereocenters. The fourth-order valence-electron chi connectivity index (χ4n) is 2.90. The maximum Gasteiger partial charge on any atom is 0.218 e. The molecular weight excluding hydrogens is 250 g/mol. The molecule has 0 radical (unpaired) electrons. The third-order valence-electron chi connectivity index (χ3n) is 3.83. The van der Waals surface area contributed by atoms with Crippen molar-refractivity contribution in [1.82, 2.24) is 10.2 Å². The highest BCUT2D eigenvalue weighted by Crippen LogP contribution is 2.40. The zero-order valence-corrected chi connectivity index (χ0v) is 12.9. The summed E-state index contributed by atoms with van der Waals surface area (Å²) in [5.41, 5.74) is 2.96. The van der Waals surface area contributed by atoms with Crippen LogP contribution >= 0.6 is 0 Å². The van der Waals surface area contributed by atoms with Crippen molar-refractivity contribution in [3.8, 4) is 0 Å². The highest BCUT2D eigenvalue weighted by Gasteiger charge is 2.40. The molecule has 0 spiro atoms. The highest BCUT2D eigenvalue weighted by atomic mass is 16.1. The second kappa shape index (κ2) is 5.29. The Morgan fingerprint density at radius 2 is 1.95 bits per heavy atom. The number of rotatable bonds is 3. The van der Waals surface area contributed by atoms with Gasteiger partial charge in [-0.15, -0.1) is 0 Å². The number of carbonyl (C=O) groups excluding carboxylic acids is 1. The first-order valence-corrected chi connectivity index (χ1v) is 6.82. The largest absolute Gasteiger partial charge is 0.377 e. The lowest BCUT2D eigenvalue weighted by Crippen LogP contribution is -2.56. The molecule has 20 heavy (non-hydrogen) atoms. The number of nitrogens with zero attached hydrogens (tertiary/aromatic N) is 2. The van der Waals surface area contributed by atoms with Gasteiger partial charge in [0, 0.05) is 38.7 Å². The quantitative estimate of drug-likeness (QED) is 0.856. The Hall–Kier alpha value is -1.81. The van der Waals surface area contributed by atoms with Gasteiger partial charge in [-0.05, 0) is 25.7 Å². The number of amides is 1. The molecule has 0 heterocycles. The highest BCUT2D eigenvalue weighted by molar-refractivity contribution is 5.77. The lowest BCUT2D eigenvalue weighted by molar-refractivity contribution is -0.123. The number of fused-ring (bicyclic) bond motifs is 1. The van der Waals surface area contributed by atoms with E-state index < -0.39 is 5.66 Å². The van der Waals surface area contributed by atoms with Crippen LogP contribution in [0.4, 0.5) is 5.69 Å². The number of hydrogen-bond acceptors (Lipinski definition) is 3. The van der Waals surface area contributed by atoms with E-state index in [0.717, 1.165) is 23.2 Å². The molecule has 108 valence electrons. The number of nitrogens with one attached hydrogen (secondary N) is 1. The summed E-state index contributed by atoms with van der Waals surface area (Å²) in [6.07, 6.45) is 5.01. The minimum absolute atomic E-state index is 0.0199. The molecule has 0 aromatic heterocycles. The summed E-state index contributed by atoms with van der Waals surface area (Å²) in [6, 6.07) is 6.24. The minimum Gasteiger partial charge on any atom is -0.377 e. The third kappa shape index (κ3) is 2.31. The van der Waals surface area contributed by atoms with Crippen LogP contribution in [0.2, 0.25) is 0 Å². The molecule has 4 nitrogen and oxygen atoms in total. The van der Waals surface area contributed by atoms with Gasteiger partial charge in [0.15, 0.2) is 0 Å². The SMILES string of the molecule is CC(=O)NC1(N(C)C)CC=Cc2cccc(N(C)C)c21. The van der Waals surface area contributed by atoms with E-state index in [-0.39, 0.29) is 5.91 Å². The first-order chi connectivity index (χ1) is 9.38. The van der Waals surface area contributed by atoms with E-state index in [9.17, 15) is 4.79 Å². The van der Waals surface area contributed by atoms with E-state index in [0.29, 0.717) is 0 Å². The molecule has 1 aromatic carbocycles. The predicted molar refractivity (Wildman–Crippen MR) is 83.6 cm³/mol.